The number of aryl methyl sites for hydroxylation is 1. The maximum Gasteiger partial charge on any atom is 0.407 e. The summed E-state index contributed by atoms with van der Waals surface area (Å²) in [5, 5.41) is 4.15. The lowest BCUT2D eigenvalue weighted by Gasteiger charge is -2.31. The summed E-state index contributed by atoms with van der Waals surface area (Å²) in [6, 6.07) is 6.51. The highest BCUT2D eigenvalue weighted by Crippen LogP contribution is 2.43. The smallest absolute Gasteiger partial charge is 0.407 e. The standard InChI is InChI=1S/C30H35N5O3/c1-18-29(33-15-14-32-18)38-24-12-13-25-26(17-31)28(35(27(25)16-24)23-4-3-5-23)21-8-10-22(11-9-21)34-30(36)37-19(2)20-6-7-20/h8-10,12-16,19-20,22-23H,3-7,11,17,31H2,1-2H3,(H,34,36)/t19-,22?/m1/s1. The van der Waals surface area contributed by atoms with Gasteiger partial charge in [-0.15, -0.1) is 0 Å². The maximum absolute atomic E-state index is 12.4. The molecule has 1 unspecified atom stereocenters. The number of carbonyl (C=O) groups excluding carboxylic acids is 1. The van der Waals surface area contributed by atoms with Gasteiger partial charge >= 0.3 is 6.09 Å². The average Bonchev–Trinajstić information content (AvgIpc) is 3.69. The van der Waals surface area contributed by atoms with E-state index in [0.29, 0.717) is 30.8 Å². The minimum absolute atomic E-state index is 0.0225. The van der Waals surface area contributed by atoms with Gasteiger partial charge in [-0.05, 0) is 81.6 Å². The molecule has 0 radical (unpaired) electrons. The first-order chi connectivity index (χ1) is 18.5. The third kappa shape index (κ3) is 4.80. The predicted molar refractivity (Wildman–Crippen MR) is 147 cm³/mol. The molecule has 3 aliphatic carbocycles. The van der Waals surface area contributed by atoms with Gasteiger partial charge in [-0.2, -0.15) is 0 Å². The summed E-state index contributed by atoms with van der Waals surface area (Å²) in [5.41, 5.74) is 11.7. The van der Waals surface area contributed by atoms with Crippen LogP contribution in [0.1, 0.15) is 68.4 Å². The first-order valence-electron chi connectivity index (χ1n) is 13.7. The van der Waals surface area contributed by atoms with Crippen molar-refractivity contribution in [1.82, 2.24) is 19.9 Å². The lowest BCUT2D eigenvalue weighted by atomic mass is 9.91. The minimum Gasteiger partial charge on any atom is -0.446 e. The maximum atomic E-state index is 12.4. The second-order valence-corrected chi connectivity index (χ2v) is 10.7. The van der Waals surface area contributed by atoms with E-state index in [0.717, 1.165) is 59.2 Å². The van der Waals surface area contributed by atoms with Gasteiger partial charge in [0.05, 0.1) is 22.9 Å². The molecule has 2 atom stereocenters. The highest BCUT2D eigenvalue weighted by atomic mass is 16.6. The zero-order chi connectivity index (χ0) is 26.2. The van der Waals surface area contributed by atoms with Crippen LogP contribution in [0.15, 0.2) is 48.8 Å². The van der Waals surface area contributed by atoms with Gasteiger partial charge in [-0.1, -0.05) is 18.2 Å². The number of benzene rings is 1. The molecular formula is C30H35N5O3. The van der Waals surface area contributed by atoms with Crippen molar-refractivity contribution in [2.75, 3.05) is 0 Å². The molecule has 2 heterocycles. The molecule has 8 nitrogen and oxygen atoms in total. The fourth-order valence-corrected chi connectivity index (χ4v) is 5.49. The number of nitrogens with zero attached hydrogens (tertiary/aromatic N) is 3. The van der Waals surface area contributed by atoms with Gasteiger partial charge in [-0.25, -0.2) is 9.78 Å². The van der Waals surface area contributed by atoms with E-state index in [4.69, 9.17) is 15.2 Å². The molecule has 0 bridgehead atoms. The Balaban J connectivity index is 1.29. The molecule has 38 heavy (non-hydrogen) atoms. The molecule has 198 valence electrons. The number of amides is 1. The summed E-state index contributed by atoms with van der Waals surface area (Å²) in [6.07, 6.45) is 15.8. The number of fused-ring (bicyclic) bond motifs is 1. The van der Waals surface area contributed by atoms with E-state index in [1.54, 1.807) is 12.4 Å². The number of nitrogens with two attached hydrogens (primary N) is 1. The van der Waals surface area contributed by atoms with Crippen molar-refractivity contribution in [1.29, 1.82) is 0 Å². The lowest BCUT2D eigenvalue weighted by Crippen LogP contribution is -2.36. The quantitative estimate of drug-likeness (QED) is 0.386. The molecule has 8 heteroatoms. The molecule has 0 spiro atoms. The second-order valence-electron chi connectivity index (χ2n) is 10.7. The summed E-state index contributed by atoms with van der Waals surface area (Å²) in [7, 11) is 0. The molecule has 1 amide bonds. The van der Waals surface area contributed by atoms with Crippen LogP contribution in [0.5, 0.6) is 11.6 Å². The Kier molecular flexibility index (Phi) is 6.66. The Labute approximate surface area is 222 Å². The highest BCUT2D eigenvalue weighted by molar-refractivity contribution is 5.93. The summed E-state index contributed by atoms with van der Waals surface area (Å²) in [6.45, 7) is 4.30. The number of carbonyl (C=O) groups is 1. The Morgan fingerprint density at radius 3 is 2.68 bits per heavy atom. The molecule has 2 fully saturated rings. The van der Waals surface area contributed by atoms with Crippen LogP contribution in [0.3, 0.4) is 0 Å². The van der Waals surface area contributed by atoms with E-state index >= 15 is 0 Å². The number of aromatic nitrogens is 3. The van der Waals surface area contributed by atoms with Gasteiger partial charge in [0.25, 0.3) is 0 Å². The zero-order valence-corrected chi connectivity index (χ0v) is 22.0. The van der Waals surface area contributed by atoms with Crippen LogP contribution in [-0.4, -0.2) is 32.8 Å². The van der Waals surface area contributed by atoms with Crippen molar-refractivity contribution in [3.63, 3.8) is 0 Å². The molecule has 2 saturated carbocycles. The summed E-state index contributed by atoms with van der Waals surface area (Å²) in [4.78, 5) is 21.0. The number of allylic oxidation sites excluding steroid dienone is 2. The van der Waals surface area contributed by atoms with Gasteiger partial charge in [0.1, 0.15) is 11.9 Å². The normalized spacial score (nSPS) is 20.1. The molecular weight excluding hydrogens is 478 g/mol. The van der Waals surface area contributed by atoms with Gasteiger partial charge in [0.2, 0.25) is 5.88 Å². The topological polar surface area (TPSA) is 104 Å². The third-order valence-electron chi connectivity index (χ3n) is 8.03. The molecule has 3 aliphatic rings. The van der Waals surface area contributed by atoms with E-state index in [9.17, 15) is 4.79 Å². The Morgan fingerprint density at radius 1 is 1.21 bits per heavy atom. The summed E-state index contributed by atoms with van der Waals surface area (Å²) >= 11 is 0. The van der Waals surface area contributed by atoms with Crippen LogP contribution in [-0.2, 0) is 11.3 Å². The Morgan fingerprint density at radius 2 is 2.03 bits per heavy atom. The van der Waals surface area contributed by atoms with Crippen LogP contribution in [0.2, 0.25) is 0 Å². The van der Waals surface area contributed by atoms with Crippen LogP contribution in [0, 0.1) is 12.8 Å². The van der Waals surface area contributed by atoms with Crippen LogP contribution < -0.4 is 15.8 Å². The predicted octanol–water partition coefficient (Wildman–Crippen LogP) is 5.95. The van der Waals surface area contributed by atoms with E-state index in [1.807, 2.05) is 19.9 Å². The Hall–Kier alpha value is -3.65. The van der Waals surface area contributed by atoms with Gasteiger partial charge < -0.3 is 25.1 Å². The van der Waals surface area contributed by atoms with Crippen LogP contribution in [0.25, 0.3) is 16.5 Å². The zero-order valence-electron chi connectivity index (χ0n) is 22.0. The molecule has 3 N–H and O–H groups in total. The van der Waals surface area contributed by atoms with Crippen molar-refractivity contribution < 1.29 is 14.3 Å². The first kappa shape index (κ1) is 24.7. The van der Waals surface area contributed by atoms with E-state index in [1.165, 1.54) is 12.1 Å². The van der Waals surface area contributed by atoms with E-state index < -0.39 is 0 Å². The van der Waals surface area contributed by atoms with Gasteiger partial charge in [0, 0.05) is 36.4 Å². The van der Waals surface area contributed by atoms with Gasteiger partial charge in [0.15, 0.2) is 0 Å². The fraction of sp³-hybridized carbons (Fsp3) is 0.433. The van der Waals surface area contributed by atoms with Crippen molar-refractivity contribution in [2.45, 2.75) is 77.1 Å². The molecule has 0 saturated heterocycles. The van der Waals surface area contributed by atoms with E-state index in [-0.39, 0.29) is 18.2 Å². The number of ether oxygens (including phenoxy) is 2. The molecule has 6 rings (SSSR count). The largest absolute Gasteiger partial charge is 0.446 e. The van der Waals surface area contributed by atoms with Crippen LogP contribution in [0.4, 0.5) is 4.79 Å². The fourth-order valence-electron chi connectivity index (χ4n) is 5.49. The summed E-state index contributed by atoms with van der Waals surface area (Å²) < 4.78 is 14.1. The molecule has 3 aromatic rings. The first-order valence-corrected chi connectivity index (χ1v) is 13.7. The van der Waals surface area contributed by atoms with Crippen molar-refractivity contribution in [2.24, 2.45) is 11.7 Å². The molecule has 0 aliphatic heterocycles. The number of hydrogen-bond acceptors (Lipinski definition) is 6. The van der Waals surface area contributed by atoms with Crippen molar-refractivity contribution in [3.8, 4) is 11.6 Å². The molecule has 2 aromatic heterocycles. The number of nitrogens with one attached hydrogen (secondary N) is 1. The highest BCUT2D eigenvalue weighted by Gasteiger charge is 2.31. The van der Waals surface area contributed by atoms with Gasteiger partial charge in [-0.3, -0.25) is 4.98 Å². The average molecular weight is 514 g/mol. The monoisotopic (exact) mass is 513 g/mol. The van der Waals surface area contributed by atoms with Crippen LogP contribution >= 0.6 is 0 Å². The van der Waals surface area contributed by atoms with Crippen molar-refractivity contribution >= 4 is 22.6 Å². The third-order valence-corrected chi connectivity index (χ3v) is 8.03. The Bertz CT molecular complexity index is 1420. The molecule has 1 aromatic carbocycles. The summed E-state index contributed by atoms with van der Waals surface area (Å²) in [5.74, 6) is 1.76. The van der Waals surface area contributed by atoms with Crippen molar-refractivity contribution in [3.05, 3.63) is 65.8 Å². The number of hydrogen-bond donors (Lipinski definition) is 2. The SMILES string of the molecule is Cc1nccnc1Oc1ccc2c(CN)c(C3=CCC(NC(=O)O[C@H](C)C4CC4)C=C3)n(C3CCC3)c2c1. The second kappa shape index (κ2) is 10.3. The lowest BCUT2D eigenvalue weighted by molar-refractivity contribution is 0.0938. The number of alkyl carbamates (subject to hydrolysis) is 1. The minimum atomic E-state index is -0.340. The number of rotatable bonds is 8. The van der Waals surface area contributed by atoms with E-state index in [2.05, 4.69) is 50.2 Å².